The summed E-state index contributed by atoms with van der Waals surface area (Å²) in [6, 6.07) is 10.1. The van der Waals surface area contributed by atoms with Gasteiger partial charge in [-0.3, -0.25) is 0 Å². The van der Waals surface area contributed by atoms with Gasteiger partial charge in [-0.25, -0.2) is 9.44 Å². The fourth-order valence-corrected chi connectivity index (χ4v) is 2.61. The minimum Gasteiger partial charge on any atom is -0.202 e. The highest BCUT2D eigenvalue weighted by Gasteiger charge is 2.09. The van der Waals surface area contributed by atoms with Gasteiger partial charge < -0.3 is 0 Å². The van der Waals surface area contributed by atoms with Crippen LogP contribution in [0.4, 0.5) is 0 Å². The summed E-state index contributed by atoms with van der Waals surface area (Å²) in [6.07, 6.45) is 1.58. The maximum atomic E-state index is 11.5. The number of hydrogen-bond donors (Lipinski definition) is 2. The summed E-state index contributed by atoms with van der Waals surface area (Å²) in [7, 11) is -3.32. The van der Waals surface area contributed by atoms with E-state index in [9.17, 15) is 8.42 Å². The Morgan fingerprint density at radius 3 is 2.33 bits per heavy atom. The van der Waals surface area contributed by atoms with Crippen LogP contribution in [-0.2, 0) is 10.2 Å². The van der Waals surface area contributed by atoms with E-state index in [4.69, 9.17) is 0 Å². The fourth-order valence-electron chi connectivity index (χ4n) is 1.65. The largest absolute Gasteiger partial charge is 0.276 e. The summed E-state index contributed by atoms with van der Waals surface area (Å²) in [5, 5.41) is 0. The van der Waals surface area contributed by atoms with Crippen molar-refractivity contribution in [3.8, 4) is 0 Å². The lowest BCUT2D eigenvalue weighted by Crippen LogP contribution is -2.37. The first kappa shape index (κ1) is 15.1. The lowest BCUT2D eigenvalue weighted by molar-refractivity contribution is 0.558. The van der Waals surface area contributed by atoms with Crippen LogP contribution in [0.3, 0.4) is 0 Å². The smallest absolute Gasteiger partial charge is 0.202 e. The summed E-state index contributed by atoms with van der Waals surface area (Å²) >= 11 is 0. The Kier molecular flexibility index (Phi) is 6.32. The second kappa shape index (κ2) is 7.51. The lowest BCUT2D eigenvalue weighted by Gasteiger charge is -2.12. The molecule has 0 aliphatic carbocycles. The van der Waals surface area contributed by atoms with Crippen molar-refractivity contribution >= 4 is 10.2 Å². The van der Waals surface area contributed by atoms with Crippen LogP contribution in [0.5, 0.6) is 0 Å². The number of hydrogen-bond acceptors (Lipinski definition) is 2. The van der Waals surface area contributed by atoms with Crippen molar-refractivity contribution in [2.24, 2.45) is 0 Å². The molecule has 1 aromatic carbocycles. The summed E-state index contributed by atoms with van der Waals surface area (Å²) in [6.45, 7) is 4.96. The Bertz CT molecular complexity index is 432. The Balaban J connectivity index is 2.34. The summed E-state index contributed by atoms with van der Waals surface area (Å²) in [5.74, 6) is 0.347. The van der Waals surface area contributed by atoms with Gasteiger partial charge in [0.05, 0.1) is 0 Å². The van der Waals surface area contributed by atoms with Crippen LogP contribution < -0.4 is 9.44 Å². The van der Waals surface area contributed by atoms with Crippen molar-refractivity contribution in [1.82, 2.24) is 9.44 Å². The predicted molar refractivity (Wildman–Crippen MR) is 74.7 cm³/mol. The van der Waals surface area contributed by atoms with E-state index >= 15 is 0 Å². The van der Waals surface area contributed by atoms with Crippen LogP contribution in [-0.4, -0.2) is 21.5 Å². The topological polar surface area (TPSA) is 58.2 Å². The molecule has 4 nitrogen and oxygen atoms in total. The highest BCUT2D eigenvalue weighted by atomic mass is 32.2. The highest BCUT2D eigenvalue weighted by molar-refractivity contribution is 7.87. The van der Waals surface area contributed by atoms with E-state index in [0.29, 0.717) is 19.0 Å². The zero-order chi connectivity index (χ0) is 13.4. The monoisotopic (exact) mass is 270 g/mol. The van der Waals surface area contributed by atoms with Gasteiger partial charge in [-0.15, -0.1) is 0 Å². The SMILES string of the molecule is CCCNS(=O)(=O)NCCC(C)c1ccccc1. The van der Waals surface area contributed by atoms with E-state index in [0.717, 1.165) is 12.8 Å². The molecule has 1 unspecified atom stereocenters. The molecule has 0 aromatic heterocycles. The van der Waals surface area contributed by atoms with Gasteiger partial charge in [-0.1, -0.05) is 44.2 Å². The average molecular weight is 270 g/mol. The predicted octanol–water partition coefficient (Wildman–Crippen LogP) is 2.01. The molecule has 0 saturated carbocycles. The van der Waals surface area contributed by atoms with Gasteiger partial charge >= 0.3 is 0 Å². The molecule has 5 heteroatoms. The van der Waals surface area contributed by atoms with Gasteiger partial charge in [0, 0.05) is 13.1 Å². The third kappa shape index (κ3) is 5.62. The molecule has 0 amide bonds. The maximum Gasteiger partial charge on any atom is 0.276 e. The van der Waals surface area contributed by atoms with Gasteiger partial charge in [-0.05, 0) is 24.3 Å². The third-order valence-corrected chi connectivity index (χ3v) is 3.95. The van der Waals surface area contributed by atoms with Crippen molar-refractivity contribution in [2.75, 3.05) is 13.1 Å². The van der Waals surface area contributed by atoms with E-state index in [1.54, 1.807) is 0 Å². The van der Waals surface area contributed by atoms with E-state index in [1.807, 2.05) is 25.1 Å². The van der Waals surface area contributed by atoms with E-state index < -0.39 is 10.2 Å². The quantitative estimate of drug-likeness (QED) is 0.759. The second-order valence-corrected chi connectivity index (χ2v) is 5.98. The van der Waals surface area contributed by atoms with Crippen molar-refractivity contribution in [1.29, 1.82) is 0 Å². The van der Waals surface area contributed by atoms with E-state index in [1.165, 1.54) is 5.56 Å². The van der Waals surface area contributed by atoms with Gasteiger partial charge in [0.1, 0.15) is 0 Å². The molecule has 102 valence electrons. The van der Waals surface area contributed by atoms with Crippen molar-refractivity contribution in [3.63, 3.8) is 0 Å². The van der Waals surface area contributed by atoms with Crippen LogP contribution in [0.15, 0.2) is 30.3 Å². The first-order chi connectivity index (χ1) is 8.55. The molecule has 1 rings (SSSR count). The highest BCUT2D eigenvalue weighted by Crippen LogP contribution is 2.17. The normalized spacial score (nSPS) is 13.4. The van der Waals surface area contributed by atoms with E-state index in [-0.39, 0.29) is 0 Å². The molecule has 0 fully saturated rings. The molecule has 2 N–H and O–H groups in total. The third-order valence-electron chi connectivity index (χ3n) is 2.78. The molecule has 1 aromatic rings. The molecular weight excluding hydrogens is 248 g/mol. The first-order valence-corrected chi connectivity index (χ1v) is 7.82. The summed E-state index contributed by atoms with van der Waals surface area (Å²) in [4.78, 5) is 0. The Hall–Kier alpha value is -0.910. The number of nitrogens with one attached hydrogen (secondary N) is 2. The fraction of sp³-hybridized carbons (Fsp3) is 0.538. The van der Waals surface area contributed by atoms with Crippen LogP contribution in [0, 0.1) is 0 Å². The molecule has 0 aliphatic heterocycles. The molecule has 0 aliphatic rings. The Morgan fingerprint density at radius 1 is 1.11 bits per heavy atom. The molecule has 0 radical (unpaired) electrons. The number of benzene rings is 1. The van der Waals surface area contributed by atoms with Crippen LogP contribution >= 0.6 is 0 Å². The molecule has 0 heterocycles. The van der Waals surface area contributed by atoms with Crippen LogP contribution in [0.2, 0.25) is 0 Å². The van der Waals surface area contributed by atoms with Gasteiger partial charge in [0.25, 0.3) is 10.2 Å². The molecular formula is C13H22N2O2S. The zero-order valence-electron chi connectivity index (χ0n) is 11.0. The van der Waals surface area contributed by atoms with Crippen molar-refractivity contribution in [2.45, 2.75) is 32.6 Å². The summed E-state index contributed by atoms with van der Waals surface area (Å²) < 4.78 is 28.0. The van der Waals surface area contributed by atoms with E-state index in [2.05, 4.69) is 28.5 Å². The second-order valence-electron chi connectivity index (χ2n) is 4.39. The molecule has 1 atom stereocenters. The van der Waals surface area contributed by atoms with Gasteiger partial charge in [0.2, 0.25) is 0 Å². The standard InChI is InChI=1S/C13H22N2O2S/c1-3-10-14-18(16,17)15-11-9-12(2)13-7-5-4-6-8-13/h4-8,12,14-15H,3,9-11H2,1-2H3. The minimum absolute atomic E-state index is 0.347. The average Bonchev–Trinajstić information content (AvgIpc) is 2.37. The summed E-state index contributed by atoms with van der Waals surface area (Å²) in [5.41, 5.74) is 1.23. The lowest BCUT2D eigenvalue weighted by atomic mass is 9.98. The number of rotatable bonds is 8. The molecule has 18 heavy (non-hydrogen) atoms. The maximum absolute atomic E-state index is 11.5. The van der Waals surface area contributed by atoms with Gasteiger partial charge in [0.15, 0.2) is 0 Å². The minimum atomic E-state index is -3.32. The molecule has 0 bridgehead atoms. The van der Waals surface area contributed by atoms with Crippen molar-refractivity contribution < 1.29 is 8.42 Å². The Morgan fingerprint density at radius 2 is 1.72 bits per heavy atom. The molecule has 0 spiro atoms. The van der Waals surface area contributed by atoms with Gasteiger partial charge in [-0.2, -0.15) is 8.42 Å². The first-order valence-electron chi connectivity index (χ1n) is 6.34. The van der Waals surface area contributed by atoms with Crippen LogP contribution in [0.25, 0.3) is 0 Å². The zero-order valence-corrected chi connectivity index (χ0v) is 11.8. The Labute approximate surface area is 110 Å². The van der Waals surface area contributed by atoms with Crippen molar-refractivity contribution in [3.05, 3.63) is 35.9 Å². The van der Waals surface area contributed by atoms with Crippen LogP contribution in [0.1, 0.15) is 38.2 Å². The molecule has 0 saturated heterocycles.